The number of nitrogens with one attached hydrogen (secondary N) is 1. The minimum atomic E-state index is -0.392. The fourth-order valence-electron chi connectivity index (χ4n) is 0.920. The van der Waals surface area contributed by atoms with Gasteiger partial charge in [0.15, 0.2) is 0 Å². The van der Waals surface area contributed by atoms with E-state index in [1.54, 1.807) is 6.07 Å². The number of benzene rings is 1. The second kappa shape index (κ2) is 4.49. The Bertz CT molecular complexity index is 383. The smallest absolute Gasteiger partial charge is 0.229 e. The Morgan fingerprint density at radius 3 is 2.27 bits per heavy atom. The lowest BCUT2D eigenvalue weighted by Gasteiger charge is -2.17. The summed E-state index contributed by atoms with van der Waals surface area (Å²) in [6.45, 7) is 5.62. The van der Waals surface area contributed by atoms with Gasteiger partial charge in [-0.2, -0.15) is 0 Å². The van der Waals surface area contributed by atoms with E-state index in [-0.39, 0.29) is 5.91 Å². The number of thiol groups is 2. The highest BCUT2D eigenvalue weighted by Crippen LogP contribution is 2.23. The van der Waals surface area contributed by atoms with Crippen molar-refractivity contribution in [3.05, 3.63) is 18.2 Å². The molecule has 0 aliphatic carbocycles. The molecule has 0 unspecified atom stereocenters. The second-order valence-electron chi connectivity index (χ2n) is 4.41. The summed E-state index contributed by atoms with van der Waals surface area (Å²) >= 11 is 8.44. The SMILES string of the molecule is CC(C)(C)C(=O)Nc1ccc(S)c(S)c1. The van der Waals surface area contributed by atoms with E-state index < -0.39 is 5.41 Å². The Balaban J connectivity index is 2.83. The van der Waals surface area contributed by atoms with Crippen molar-refractivity contribution in [1.82, 2.24) is 0 Å². The number of anilines is 1. The highest BCUT2D eigenvalue weighted by molar-refractivity contribution is 7.83. The van der Waals surface area contributed by atoms with Crippen LogP contribution in [-0.2, 0) is 4.79 Å². The molecule has 1 amide bonds. The molecule has 82 valence electrons. The molecule has 0 aromatic heterocycles. The summed E-state index contributed by atoms with van der Waals surface area (Å²) in [5, 5.41) is 2.83. The normalized spacial score (nSPS) is 11.3. The van der Waals surface area contributed by atoms with Gasteiger partial charge >= 0.3 is 0 Å². The summed E-state index contributed by atoms with van der Waals surface area (Å²) < 4.78 is 0. The largest absolute Gasteiger partial charge is 0.326 e. The average Bonchev–Trinajstić information content (AvgIpc) is 2.10. The van der Waals surface area contributed by atoms with Gasteiger partial charge in [0.2, 0.25) is 5.91 Å². The predicted octanol–water partition coefficient (Wildman–Crippen LogP) is 3.25. The summed E-state index contributed by atoms with van der Waals surface area (Å²) in [6, 6.07) is 5.41. The van der Waals surface area contributed by atoms with Gasteiger partial charge in [-0.15, -0.1) is 25.3 Å². The molecule has 0 atom stereocenters. The molecule has 4 heteroatoms. The van der Waals surface area contributed by atoms with E-state index >= 15 is 0 Å². The number of carbonyl (C=O) groups excluding carboxylic acids is 1. The quantitative estimate of drug-likeness (QED) is 0.647. The van der Waals surface area contributed by atoms with Crippen molar-refractivity contribution in [2.24, 2.45) is 5.41 Å². The molecule has 0 saturated carbocycles. The molecule has 0 heterocycles. The predicted molar refractivity (Wildman–Crippen MR) is 69.0 cm³/mol. The van der Waals surface area contributed by atoms with Crippen molar-refractivity contribution in [3.8, 4) is 0 Å². The zero-order valence-electron chi connectivity index (χ0n) is 9.03. The summed E-state index contributed by atoms with van der Waals surface area (Å²) in [5.41, 5.74) is 0.355. The van der Waals surface area contributed by atoms with Crippen molar-refractivity contribution in [3.63, 3.8) is 0 Å². The van der Waals surface area contributed by atoms with Crippen LogP contribution < -0.4 is 5.32 Å². The topological polar surface area (TPSA) is 29.1 Å². The second-order valence-corrected chi connectivity index (χ2v) is 5.37. The van der Waals surface area contributed by atoms with Crippen LogP contribution in [0.4, 0.5) is 5.69 Å². The van der Waals surface area contributed by atoms with Gasteiger partial charge < -0.3 is 5.32 Å². The van der Waals surface area contributed by atoms with Crippen molar-refractivity contribution >= 4 is 36.9 Å². The highest BCUT2D eigenvalue weighted by Gasteiger charge is 2.21. The van der Waals surface area contributed by atoms with Gasteiger partial charge in [-0.3, -0.25) is 4.79 Å². The monoisotopic (exact) mass is 241 g/mol. The Morgan fingerprint density at radius 2 is 1.80 bits per heavy atom. The fraction of sp³-hybridized carbons (Fsp3) is 0.364. The van der Waals surface area contributed by atoms with Crippen LogP contribution in [0.1, 0.15) is 20.8 Å². The van der Waals surface area contributed by atoms with E-state index in [9.17, 15) is 4.79 Å². The molecule has 0 radical (unpaired) electrons. The number of hydrogen-bond donors (Lipinski definition) is 3. The highest BCUT2D eigenvalue weighted by atomic mass is 32.1. The molecule has 1 aromatic rings. The first-order valence-electron chi connectivity index (χ1n) is 4.64. The van der Waals surface area contributed by atoms with Gasteiger partial charge in [-0.25, -0.2) is 0 Å². The van der Waals surface area contributed by atoms with Gasteiger partial charge in [-0.1, -0.05) is 20.8 Å². The Kier molecular flexibility index (Phi) is 3.73. The number of amides is 1. The number of hydrogen-bond acceptors (Lipinski definition) is 3. The first-order chi connectivity index (χ1) is 6.80. The van der Waals surface area contributed by atoms with Crippen LogP contribution in [0.25, 0.3) is 0 Å². The van der Waals surface area contributed by atoms with Crippen LogP contribution in [-0.4, -0.2) is 5.91 Å². The first kappa shape index (κ1) is 12.5. The standard InChI is InChI=1S/C11H15NOS2/c1-11(2,3)10(13)12-7-4-5-8(14)9(15)6-7/h4-6,14-15H,1-3H3,(H,12,13). The third-order valence-electron chi connectivity index (χ3n) is 1.91. The van der Waals surface area contributed by atoms with Crippen molar-refractivity contribution in [2.75, 3.05) is 5.32 Å². The number of rotatable bonds is 1. The van der Waals surface area contributed by atoms with E-state index in [1.807, 2.05) is 32.9 Å². The van der Waals surface area contributed by atoms with Crippen LogP contribution >= 0.6 is 25.3 Å². The molecule has 0 saturated heterocycles. The van der Waals surface area contributed by atoms with Crippen molar-refractivity contribution in [2.45, 2.75) is 30.6 Å². The Morgan fingerprint density at radius 1 is 1.20 bits per heavy atom. The summed E-state index contributed by atoms with van der Waals surface area (Å²) in [5.74, 6) is -0.0119. The zero-order chi connectivity index (χ0) is 11.6. The molecule has 0 fully saturated rings. The van der Waals surface area contributed by atoms with E-state index in [0.29, 0.717) is 0 Å². The molecule has 0 bridgehead atoms. The molecule has 1 N–H and O–H groups in total. The van der Waals surface area contributed by atoms with Crippen molar-refractivity contribution in [1.29, 1.82) is 0 Å². The third kappa shape index (κ3) is 3.47. The van der Waals surface area contributed by atoms with Crippen LogP contribution in [0.5, 0.6) is 0 Å². The van der Waals surface area contributed by atoms with Crippen LogP contribution in [0.3, 0.4) is 0 Å². The van der Waals surface area contributed by atoms with E-state index in [4.69, 9.17) is 0 Å². The van der Waals surface area contributed by atoms with Crippen LogP contribution in [0.15, 0.2) is 28.0 Å². The zero-order valence-corrected chi connectivity index (χ0v) is 10.8. The molecular formula is C11H15NOS2. The number of carbonyl (C=O) groups is 1. The minimum Gasteiger partial charge on any atom is -0.326 e. The third-order valence-corrected chi connectivity index (χ3v) is 2.85. The summed E-state index contributed by atoms with van der Waals surface area (Å²) in [6.07, 6.45) is 0. The first-order valence-corrected chi connectivity index (χ1v) is 5.53. The van der Waals surface area contributed by atoms with Gasteiger partial charge in [0.05, 0.1) is 0 Å². The molecule has 0 aliphatic heterocycles. The van der Waals surface area contributed by atoms with Crippen molar-refractivity contribution < 1.29 is 4.79 Å². The summed E-state index contributed by atoms with van der Waals surface area (Å²) in [4.78, 5) is 13.2. The lowest BCUT2D eigenvalue weighted by atomic mass is 9.95. The van der Waals surface area contributed by atoms with Gasteiger partial charge in [0.1, 0.15) is 0 Å². The van der Waals surface area contributed by atoms with E-state index in [1.165, 1.54) is 0 Å². The molecule has 15 heavy (non-hydrogen) atoms. The lowest BCUT2D eigenvalue weighted by molar-refractivity contribution is -0.123. The van der Waals surface area contributed by atoms with Crippen LogP contribution in [0.2, 0.25) is 0 Å². The maximum atomic E-state index is 11.7. The summed E-state index contributed by atoms with van der Waals surface area (Å²) in [7, 11) is 0. The van der Waals surface area contributed by atoms with E-state index in [0.717, 1.165) is 15.5 Å². The molecule has 1 rings (SSSR count). The van der Waals surface area contributed by atoms with Gasteiger partial charge in [-0.05, 0) is 18.2 Å². The molecule has 2 nitrogen and oxygen atoms in total. The molecule has 0 aliphatic rings. The fourth-order valence-corrected chi connectivity index (χ4v) is 1.27. The molecule has 0 spiro atoms. The Hall–Kier alpha value is -0.610. The van der Waals surface area contributed by atoms with Gasteiger partial charge in [0.25, 0.3) is 0 Å². The van der Waals surface area contributed by atoms with E-state index in [2.05, 4.69) is 30.6 Å². The van der Waals surface area contributed by atoms with Gasteiger partial charge in [0, 0.05) is 20.9 Å². The average molecular weight is 241 g/mol. The Labute approximate surface area is 101 Å². The molecular weight excluding hydrogens is 226 g/mol. The maximum Gasteiger partial charge on any atom is 0.229 e. The van der Waals surface area contributed by atoms with Crippen LogP contribution in [0, 0.1) is 5.41 Å². The molecule has 1 aromatic carbocycles. The maximum absolute atomic E-state index is 11.7. The lowest BCUT2D eigenvalue weighted by Crippen LogP contribution is -2.27. The minimum absolute atomic E-state index is 0.0119.